The van der Waals surface area contributed by atoms with Crippen LogP contribution in [0.5, 0.6) is 0 Å². The standard InChI is InChI=1S/C23H21ClN6O3S2/c1-2-29(17-9-5-3-6-10-17)35(32,33)19-13-14-20(24)21(15-19)25-22(31)16-34-23-26-27-28-30(23)18-11-7-4-8-12-18/h3-15H,2,16H2,1H3,(H,25,31). The number of hydrogen-bond acceptors (Lipinski definition) is 7. The molecule has 0 aliphatic carbocycles. The zero-order valence-corrected chi connectivity index (χ0v) is 21.0. The summed E-state index contributed by atoms with van der Waals surface area (Å²) < 4.78 is 29.4. The number of amides is 1. The maximum atomic E-state index is 13.3. The molecule has 0 radical (unpaired) electrons. The van der Waals surface area contributed by atoms with Crippen LogP contribution in [0.3, 0.4) is 0 Å². The Labute approximate surface area is 212 Å². The molecule has 1 amide bonds. The van der Waals surface area contributed by atoms with Gasteiger partial charge < -0.3 is 5.32 Å². The van der Waals surface area contributed by atoms with Gasteiger partial charge >= 0.3 is 0 Å². The van der Waals surface area contributed by atoms with Gasteiger partial charge in [0, 0.05) is 6.54 Å². The van der Waals surface area contributed by atoms with Crippen molar-refractivity contribution in [1.29, 1.82) is 0 Å². The number of tetrazole rings is 1. The number of rotatable bonds is 9. The van der Waals surface area contributed by atoms with Gasteiger partial charge in [-0.05, 0) is 59.8 Å². The van der Waals surface area contributed by atoms with Crippen molar-refractivity contribution < 1.29 is 13.2 Å². The Morgan fingerprint density at radius 2 is 1.74 bits per heavy atom. The fraction of sp³-hybridized carbons (Fsp3) is 0.130. The summed E-state index contributed by atoms with van der Waals surface area (Å²) in [6, 6.07) is 22.3. The lowest BCUT2D eigenvalue weighted by molar-refractivity contribution is -0.113. The quantitative estimate of drug-likeness (QED) is 0.323. The van der Waals surface area contributed by atoms with E-state index in [9.17, 15) is 13.2 Å². The topological polar surface area (TPSA) is 110 Å². The minimum Gasteiger partial charge on any atom is -0.324 e. The number of thioether (sulfide) groups is 1. The molecule has 0 atom stereocenters. The molecular weight excluding hydrogens is 508 g/mol. The number of hydrogen-bond donors (Lipinski definition) is 1. The first-order chi connectivity index (χ1) is 16.9. The highest BCUT2D eigenvalue weighted by molar-refractivity contribution is 7.99. The molecule has 180 valence electrons. The molecular formula is C23H21ClN6O3S2. The molecule has 0 aliphatic rings. The van der Waals surface area contributed by atoms with Crippen LogP contribution < -0.4 is 9.62 Å². The van der Waals surface area contributed by atoms with Crippen molar-refractivity contribution in [2.24, 2.45) is 0 Å². The van der Waals surface area contributed by atoms with E-state index in [2.05, 4.69) is 20.8 Å². The molecule has 35 heavy (non-hydrogen) atoms. The highest BCUT2D eigenvalue weighted by Gasteiger charge is 2.24. The van der Waals surface area contributed by atoms with Crippen molar-refractivity contribution in [1.82, 2.24) is 20.2 Å². The van der Waals surface area contributed by atoms with Gasteiger partial charge in [0.05, 0.1) is 32.7 Å². The van der Waals surface area contributed by atoms with E-state index in [-0.39, 0.29) is 33.8 Å². The van der Waals surface area contributed by atoms with E-state index in [1.165, 1.54) is 27.2 Å². The van der Waals surface area contributed by atoms with Crippen molar-refractivity contribution in [3.8, 4) is 5.69 Å². The third-order valence-corrected chi connectivity index (χ3v) is 8.05. The normalized spacial score (nSPS) is 11.3. The van der Waals surface area contributed by atoms with Gasteiger partial charge in [-0.25, -0.2) is 8.42 Å². The number of carbonyl (C=O) groups is 1. The Morgan fingerprint density at radius 3 is 2.43 bits per heavy atom. The molecule has 0 saturated heterocycles. The second-order valence-corrected chi connectivity index (χ2v) is 10.4. The van der Waals surface area contributed by atoms with Crippen molar-refractivity contribution in [2.75, 3.05) is 21.9 Å². The van der Waals surface area contributed by atoms with Crippen molar-refractivity contribution in [3.05, 3.63) is 83.9 Å². The average molecular weight is 529 g/mol. The Morgan fingerprint density at radius 1 is 1.06 bits per heavy atom. The van der Waals surface area contributed by atoms with Crippen LogP contribution in [0, 0.1) is 0 Å². The number of sulfonamides is 1. The van der Waals surface area contributed by atoms with Crippen LogP contribution in [0.4, 0.5) is 11.4 Å². The van der Waals surface area contributed by atoms with Crippen molar-refractivity contribution in [3.63, 3.8) is 0 Å². The average Bonchev–Trinajstić information content (AvgIpc) is 3.34. The van der Waals surface area contributed by atoms with Crippen LogP contribution in [0.1, 0.15) is 6.92 Å². The van der Waals surface area contributed by atoms with Crippen LogP contribution >= 0.6 is 23.4 Å². The smallest absolute Gasteiger partial charge is 0.264 e. The molecule has 1 aromatic heterocycles. The maximum Gasteiger partial charge on any atom is 0.264 e. The van der Waals surface area contributed by atoms with Gasteiger partial charge in [0.25, 0.3) is 10.0 Å². The highest BCUT2D eigenvalue weighted by Crippen LogP contribution is 2.29. The van der Waals surface area contributed by atoms with E-state index in [0.717, 1.165) is 17.4 Å². The van der Waals surface area contributed by atoms with E-state index in [0.29, 0.717) is 10.8 Å². The van der Waals surface area contributed by atoms with E-state index >= 15 is 0 Å². The Balaban J connectivity index is 1.49. The predicted octanol–water partition coefficient (Wildman–Crippen LogP) is 4.26. The monoisotopic (exact) mass is 528 g/mol. The summed E-state index contributed by atoms with van der Waals surface area (Å²) in [5.74, 6) is -0.393. The number of nitrogens with zero attached hydrogens (tertiary/aromatic N) is 5. The van der Waals surface area contributed by atoms with Gasteiger partial charge in [0.2, 0.25) is 11.1 Å². The number of benzene rings is 3. The van der Waals surface area contributed by atoms with Crippen LogP contribution in [-0.4, -0.2) is 46.8 Å². The molecule has 4 aromatic rings. The first-order valence-corrected chi connectivity index (χ1v) is 13.3. The number of para-hydroxylation sites is 2. The molecule has 1 N–H and O–H groups in total. The van der Waals surface area contributed by atoms with Gasteiger partial charge in [-0.1, -0.05) is 59.8 Å². The molecule has 4 rings (SSSR count). The molecule has 3 aromatic carbocycles. The third-order valence-electron chi connectivity index (χ3n) is 4.91. The molecule has 0 saturated carbocycles. The SMILES string of the molecule is CCN(c1ccccc1)S(=O)(=O)c1ccc(Cl)c(NC(=O)CSc2nnnn2-c2ccccc2)c1. The fourth-order valence-corrected chi connectivity index (χ4v) is 5.65. The molecule has 0 fully saturated rings. The van der Waals surface area contributed by atoms with Gasteiger partial charge in [0.1, 0.15) is 0 Å². The second kappa shape index (κ2) is 10.9. The zero-order chi connectivity index (χ0) is 24.8. The molecule has 0 aliphatic heterocycles. The molecule has 1 heterocycles. The predicted molar refractivity (Wildman–Crippen MR) is 137 cm³/mol. The summed E-state index contributed by atoms with van der Waals surface area (Å²) in [4.78, 5) is 12.7. The van der Waals surface area contributed by atoms with E-state index in [1.54, 1.807) is 31.2 Å². The highest BCUT2D eigenvalue weighted by atomic mass is 35.5. The summed E-state index contributed by atoms with van der Waals surface area (Å²) in [6.45, 7) is 1.99. The molecule has 0 unspecified atom stereocenters. The first-order valence-electron chi connectivity index (χ1n) is 10.5. The lowest BCUT2D eigenvalue weighted by Gasteiger charge is -2.23. The summed E-state index contributed by atoms with van der Waals surface area (Å²) >= 11 is 7.40. The summed E-state index contributed by atoms with van der Waals surface area (Å²) in [5.41, 5.74) is 1.51. The van der Waals surface area contributed by atoms with Gasteiger partial charge in [0.15, 0.2) is 0 Å². The van der Waals surface area contributed by atoms with Gasteiger partial charge in [-0.2, -0.15) is 4.68 Å². The van der Waals surface area contributed by atoms with E-state index < -0.39 is 10.0 Å². The number of carbonyl (C=O) groups excluding carboxylic acids is 1. The maximum absolute atomic E-state index is 13.3. The molecule has 0 spiro atoms. The molecule has 12 heteroatoms. The van der Waals surface area contributed by atoms with Crippen molar-refractivity contribution >= 4 is 50.7 Å². The minimum atomic E-state index is -3.87. The van der Waals surface area contributed by atoms with Crippen molar-refractivity contribution in [2.45, 2.75) is 17.0 Å². The van der Waals surface area contributed by atoms with Gasteiger partial charge in [-0.3, -0.25) is 9.10 Å². The van der Waals surface area contributed by atoms with E-state index in [4.69, 9.17) is 11.6 Å². The Kier molecular flexibility index (Phi) is 7.69. The number of nitrogens with one attached hydrogen (secondary N) is 1. The lowest BCUT2D eigenvalue weighted by Crippen LogP contribution is -2.30. The Bertz CT molecular complexity index is 1420. The Hall–Kier alpha value is -3.41. The first kappa shape index (κ1) is 24.7. The molecule has 9 nitrogen and oxygen atoms in total. The van der Waals surface area contributed by atoms with Crippen LogP contribution in [0.2, 0.25) is 5.02 Å². The number of anilines is 2. The van der Waals surface area contributed by atoms with Crippen LogP contribution in [-0.2, 0) is 14.8 Å². The largest absolute Gasteiger partial charge is 0.324 e. The third kappa shape index (κ3) is 5.64. The molecule has 0 bridgehead atoms. The number of aromatic nitrogens is 4. The van der Waals surface area contributed by atoms with E-state index in [1.807, 2.05) is 36.4 Å². The van der Waals surface area contributed by atoms with Gasteiger partial charge in [-0.15, -0.1) is 5.10 Å². The lowest BCUT2D eigenvalue weighted by atomic mass is 10.3. The minimum absolute atomic E-state index is 0.00832. The van der Waals surface area contributed by atoms with Crippen LogP contribution in [0.25, 0.3) is 5.69 Å². The number of halogens is 1. The summed E-state index contributed by atoms with van der Waals surface area (Å²) in [7, 11) is -3.87. The van der Waals surface area contributed by atoms with Crippen LogP contribution in [0.15, 0.2) is 88.9 Å². The second-order valence-electron chi connectivity index (χ2n) is 7.19. The summed E-state index contributed by atoms with van der Waals surface area (Å²) in [5, 5.41) is 15.0. The summed E-state index contributed by atoms with van der Waals surface area (Å²) in [6.07, 6.45) is 0. The fourth-order valence-electron chi connectivity index (χ4n) is 3.29. The zero-order valence-electron chi connectivity index (χ0n) is 18.6.